The van der Waals surface area contributed by atoms with Crippen LogP contribution in [-0.4, -0.2) is 45.6 Å². The number of nitrogens with one attached hydrogen (secondary N) is 2. The predicted molar refractivity (Wildman–Crippen MR) is 148 cm³/mol. The Kier molecular flexibility index (Phi) is 8.80. The summed E-state index contributed by atoms with van der Waals surface area (Å²) < 4.78 is 28.4. The van der Waals surface area contributed by atoms with E-state index in [0.29, 0.717) is 29.2 Å². The minimum atomic E-state index is -3.47. The van der Waals surface area contributed by atoms with Crippen LogP contribution in [0.2, 0.25) is 0 Å². The van der Waals surface area contributed by atoms with Crippen LogP contribution in [0.3, 0.4) is 0 Å². The second-order valence-corrected chi connectivity index (χ2v) is 11.9. The van der Waals surface area contributed by atoms with E-state index in [4.69, 9.17) is 9.97 Å². The van der Waals surface area contributed by atoms with Crippen molar-refractivity contribution in [3.05, 3.63) is 54.1 Å². The maximum atomic E-state index is 12.8. The van der Waals surface area contributed by atoms with Crippen molar-refractivity contribution in [2.45, 2.75) is 56.8 Å². The fraction of sp³-hybridized carbons (Fsp3) is 0.500. The first-order valence-electron chi connectivity index (χ1n) is 13.1. The monoisotopic (exact) mass is 509 g/mol. The largest absolute Gasteiger partial charge is 0.362 e. The first kappa shape index (κ1) is 26.4. The van der Waals surface area contributed by atoms with E-state index in [1.807, 2.05) is 55.4 Å². The molecule has 7 nitrogen and oxygen atoms in total. The highest BCUT2D eigenvalue weighted by molar-refractivity contribution is 7.89. The van der Waals surface area contributed by atoms with Gasteiger partial charge in [0.2, 0.25) is 16.0 Å². The molecule has 0 amide bonds. The number of para-hydroxylation sites is 1. The van der Waals surface area contributed by atoms with E-state index in [-0.39, 0.29) is 0 Å². The molecule has 1 saturated carbocycles. The lowest BCUT2D eigenvalue weighted by Gasteiger charge is -2.28. The van der Waals surface area contributed by atoms with Gasteiger partial charge in [0.1, 0.15) is 5.82 Å². The number of unbranched alkanes of at least 4 members (excludes halogenated alkanes) is 1. The molecular formula is C28H39N5O2S. The van der Waals surface area contributed by atoms with Crippen molar-refractivity contribution in [1.82, 2.24) is 14.7 Å². The van der Waals surface area contributed by atoms with Crippen molar-refractivity contribution in [2.75, 3.05) is 37.4 Å². The molecule has 0 bridgehead atoms. The normalized spacial score (nSPS) is 18.3. The molecule has 4 rings (SSSR count). The first-order chi connectivity index (χ1) is 17.4. The Morgan fingerprint density at radius 3 is 2.25 bits per heavy atom. The molecule has 0 unspecified atom stereocenters. The summed E-state index contributed by atoms with van der Waals surface area (Å²) in [5, 5.41) is 4.50. The molecule has 8 heteroatoms. The van der Waals surface area contributed by atoms with Gasteiger partial charge in [0.15, 0.2) is 0 Å². The van der Waals surface area contributed by atoms with E-state index in [0.717, 1.165) is 68.2 Å². The number of aromatic nitrogens is 2. The molecule has 194 valence electrons. The number of aryl methyl sites for hydroxylation is 1. The van der Waals surface area contributed by atoms with E-state index in [1.165, 1.54) is 5.56 Å². The molecule has 36 heavy (non-hydrogen) atoms. The maximum Gasteiger partial charge on any atom is 0.240 e. The van der Waals surface area contributed by atoms with E-state index in [1.54, 1.807) is 12.1 Å². The molecule has 0 atom stereocenters. The van der Waals surface area contributed by atoms with Crippen LogP contribution >= 0.6 is 0 Å². The lowest BCUT2D eigenvalue weighted by molar-refractivity contribution is 0.284. The lowest BCUT2D eigenvalue weighted by Crippen LogP contribution is -2.32. The van der Waals surface area contributed by atoms with E-state index in [9.17, 15) is 8.42 Å². The van der Waals surface area contributed by atoms with Crippen LogP contribution in [0.15, 0.2) is 53.4 Å². The average molecular weight is 510 g/mol. The molecule has 1 aliphatic rings. The molecule has 0 radical (unpaired) electrons. The Morgan fingerprint density at radius 2 is 1.58 bits per heavy atom. The highest BCUT2D eigenvalue weighted by Gasteiger charge is 2.23. The summed E-state index contributed by atoms with van der Waals surface area (Å²) in [6, 6.07) is 15.4. The number of nitrogens with zero attached hydrogens (tertiary/aromatic N) is 3. The third-order valence-electron chi connectivity index (χ3n) is 7.14. The fourth-order valence-corrected chi connectivity index (χ4v) is 6.00. The van der Waals surface area contributed by atoms with Crippen LogP contribution in [0.25, 0.3) is 10.9 Å². The SMILES string of the molecule is CCCCc1ccc(S(=O)(=O)NCC2CCC(CNc3nc(N(C)C)c4ccccc4n3)CC2)cc1. The van der Waals surface area contributed by atoms with Crippen LogP contribution < -0.4 is 14.9 Å². The lowest BCUT2D eigenvalue weighted by atomic mass is 9.82. The Morgan fingerprint density at radius 1 is 0.917 bits per heavy atom. The Bertz CT molecular complexity index is 1240. The van der Waals surface area contributed by atoms with E-state index in [2.05, 4.69) is 17.0 Å². The molecule has 3 aromatic rings. The smallest absolute Gasteiger partial charge is 0.240 e. The van der Waals surface area contributed by atoms with Gasteiger partial charge in [-0.15, -0.1) is 0 Å². The second-order valence-electron chi connectivity index (χ2n) is 10.1. The number of hydrogen-bond donors (Lipinski definition) is 2. The summed E-state index contributed by atoms with van der Waals surface area (Å²) in [6.07, 6.45) is 7.42. The highest BCUT2D eigenvalue weighted by Crippen LogP contribution is 2.29. The van der Waals surface area contributed by atoms with Gasteiger partial charge in [-0.25, -0.2) is 18.1 Å². The topological polar surface area (TPSA) is 87.2 Å². The van der Waals surface area contributed by atoms with Crippen LogP contribution in [0, 0.1) is 11.8 Å². The zero-order chi connectivity index (χ0) is 25.5. The molecule has 2 N–H and O–H groups in total. The number of rotatable bonds is 11. The predicted octanol–water partition coefficient (Wildman–Crippen LogP) is 5.24. The zero-order valence-electron chi connectivity index (χ0n) is 21.7. The second kappa shape index (κ2) is 12.0. The van der Waals surface area contributed by atoms with Gasteiger partial charge in [-0.2, -0.15) is 4.98 Å². The number of fused-ring (bicyclic) bond motifs is 1. The van der Waals surface area contributed by atoms with Gasteiger partial charge >= 0.3 is 0 Å². The summed E-state index contributed by atoms with van der Waals surface area (Å²) in [4.78, 5) is 11.8. The summed E-state index contributed by atoms with van der Waals surface area (Å²) >= 11 is 0. The Balaban J connectivity index is 1.25. The van der Waals surface area contributed by atoms with Crippen LogP contribution in [0.1, 0.15) is 51.0 Å². The van der Waals surface area contributed by atoms with Crippen LogP contribution in [-0.2, 0) is 16.4 Å². The highest BCUT2D eigenvalue weighted by atomic mass is 32.2. The summed E-state index contributed by atoms with van der Waals surface area (Å²) in [7, 11) is 0.525. The van der Waals surface area contributed by atoms with Crippen molar-refractivity contribution in [3.8, 4) is 0 Å². The molecule has 1 fully saturated rings. The minimum absolute atomic E-state index is 0.355. The van der Waals surface area contributed by atoms with E-state index < -0.39 is 10.0 Å². The van der Waals surface area contributed by atoms with Crippen molar-refractivity contribution in [1.29, 1.82) is 0 Å². The molecular weight excluding hydrogens is 470 g/mol. The van der Waals surface area contributed by atoms with Gasteiger partial charge in [0, 0.05) is 32.6 Å². The van der Waals surface area contributed by atoms with Gasteiger partial charge in [0.05, 0.1) is 10.4 Å². The van der Waals surface area contributed by atoms with Gasteiger partial charge in [-0.1, -0.05) is 37.6 Å². The van der Waals surface area contributed by atoms with Gasteiger partial charge in [-0.05, 0) is 80.2 Å². The van der Waals surface area contributed by atoms with Gasteiger partial charge < -0.3 is 10.2 Å². The number of hydrogen-bond acceptors (Lipinski definition) is 6. The molecule has 0 aliphatic heterocycles. The third kappa shape index (κ3) is 6.73. The first-order valence-corrected chi connectivity index (χ1v) is 14.6. The number of sulfonamides is 1. The van der Waals surface area contributed by atoms with Crippen molar-refractivity contribution >= 4 is 32.7 Å². The van der Waals surface area contributed by atoms with Crippen molar-refractivity contribution < 1.29 is 8.42 Å². The quantitative estimate of drug-likeness (QED) is 0.368. The molecule has 1 heterocycles. The Hall–Kier alpha value is -2.71. The van der Waals surface area contributed by atoms with Gasteiger partial charge in [0.25, 0.3) is 0 Å². The van der Waals surface area contributed by atoms with Gasteiger partial charge in [-0.3, -0.25) is 0 Å². The molecule has 0 spiro atoms. The minimum Gasteiger partial charge on any atom is -0.362 e. The summed E-state index contributed by atoms with van der Waals surface area (Å²) in [5.41, 5.74) is 2.13. The van der Waals surface area contributed by atoms with Crippen molar-refractivity contribution in [2.24, 2.45) is 11.8 Å². The summed E-state index contributed by atoms with van der Waals surface area (Å²) in [5.74, 6) is 2.48. The summed E-state index contributed by atoms with van der Waals surface area (Å²) in [6.45, 7) is 3.49. The third-order valence-corrected chi connectivity index (χ3v) is 8.58. The molecule has 1 aromatic heterocycles. The van der Waals surface area contributed by atoms with E-state index >= 15 is 0 Å². The molecule has 2 aromatic carbocycles. The zero-order valence-corrected chi connectivity index (χ0v) is 22.5. The molecule has 0 saturated heterocycles. The Labute approximate surface area is 215 Å². The molecule has 1 aliphatic carbocycles. The fourth-order valence-electron chi connectivity index (χ4n) is 4.88. The number of anilines is 2. The van der Waals surface area contributed by atoms with Crippen LogP contribution in [0.4, 0.5) is 11.8 Å². The maximum absolute atomic E-state index is 12.8. The van der Waals surface area contributed by atoms with Crippen molar-refractivity contribution in [3.63, 3.8) is 0 Å². The van der Waals surface area contributed by atoms with Crippen LogP contribution in [0.5, 0.6) is 0 Å². The number of benzene rings is 2. The standard InChI is InChI=1S/C28H39N5O2S/c1-4-5-8-21-15-17-24(18-16-21)36(34,35)30-20-23-13-11-22(12-14-23)19-29-28-31-26-10-7-6-9-25(26)27(32-28)33(2)3/h6-7,9-10,15-18,22-23,30H,4-5,8,11-14,19-20H2,1-3H3,(H,29,31,32). The average Bonchev–Trinajstić information content (AvgIpc) is 2.90.